The lowest BCUT2D eigenvalue weighted by molar-refractivity contribution is -0.390. The minimum atomic E-state index is -0.429. The third-order valence-electron chi connectivity index (χ3n) is 9.10. The molecule has 2 aromatic rings. The number of carbonyl (C=O) groups is 1. The fourth-order valence-electron chi connectivity index (χ4n) is 8.07. The molecule has 37 heavy (non-hydrogen) atoms. The first-order valence-corrected chi connectivity index (χ1v) is 14.5. The molecule has 5 aliphatic rings. The summed E-state index contributed by atoms with van der Waals surface area (Å²) in [4.78, 5) is 29.0. The first-order chi connectivity index (χ1) is 17.6. The third-order valence-corrected chi connectivity index (χ3v) is 10.4. The maximum Gasteiger partial charge on any atom is 0.404 e. The molecule has 4 saturated carbocycles. The molecule has 1 aromatic heterocycles. The number of aromatic nitrogens is 2. The van der Waals surface area contributed by atoms with Gasteiger partial charge in [0.05, 0.1) is 26.9 Å². The molecule has 4 bridgehead atoms. The Morgan fingerprint density at radius 1 is 1.11 bits per heavy atom. The Morgan fingerprint density at radius 3 is 2.43 bits per heavy atom. The van der Waals surface area contributed by atoms with Gasteiger partial charge in [-0.25, -0.2) is 0 Å². The van der Waals surface area contributed by atoms with Crippen LogP contribution in [0, 0.1) is 27.4 Å². The van der Waals surface area contributed by atoms with Crippen LogP contribution in [0.25, 0.3) is 0 Å². The molecule has 0 N–H and O–H groups in total. The van der Waals surface area contributed by atoms with E-state index in [4.69, 9.17) is 23.2 Å². The minimum absolute atomic E-state index is 0.0361. The van der Waals surface area contributed by atoms with Crippen LogP contribution in [0.4, 0.5) is 5.82 Å². The van der Waals surface area contributed by atoms with Crippen molar-refractivity contribution in [1.29, 1.82) is 0 Å². The highest BCUT2D eigenvalue weighted by molar-refractivity contribution is 9.10. The standard InChI is InChI=1S/C26H30BrCl2N5O3/c27-20-15-33(30-24(20)34(36)37)26-11-18-7-19(12-26)10-25(9-18,16-26)13-23(35)32-5-3-31(4-6-32)14-17-1-2-21(28)22(29)8-17/h1-2,8,15,18-19H,3-7,9-14,16H2. The van der Waals surface area contributed by atoms with Crippen LogP contribution in [0.1, 0.15) is 50.5 Å². The Morgan fingerprint density at radius 2 is 1.81 bits per heavy atom. The van der Waals surface area contributed by atoms with Crippen LogP contribution >= 0.6 is 39.1 Å². The van der Waals surface area contributed by atoms with Crippen molar-refractivity contribution in [2.75, 3.05) is 26.2 Å². The molecule has 1 saturated heterocycles. The van der Waals surface area contributed by atoms with Gasteiger partial charge >= 0.3 is 5.82 Å². The Bertz CT molecular complexity index is 1230. The van der Waals surface area contributed by atoms with Crippen LogP contribution in [-0.4, -0.2) is 56.6 Å². The fraction of sp³-hybridized carbons (Fsp3) is 0.615. The van der Waals surface area contributed by atoms with Crippen molar-refractivity contribution < 1.29 is 9.72 Å². The number of rotatable bonds is 6. The second kappa shape index (κ2) is 9.50. The van der Waals surface area contributed by atoms with Crippen LogP contribution in [0.2, 0.25) is 10.0 Å². The summed E-state index contributed by atoms with van der Waals surface area (Å²) in [5, 5.41) is 17.0. The maximum atomic E-state index is 13.6. The highest BCUT2D eigenvalue weighted by Crippen LogP contribution is 2.65. The summed E-state index contributed by atoms with van der Waals surface area (Å²) in [6, 6.07) is 5.75. The molecule has 4 aliphatic carbocycles. The van der Waals surface area contributed by atoms with Crippen molar-refractivity contribution in [1.82, 2.24) is 19.6 Å². The first kappa shape index (κ1) is 25.6. The van der Waals surface area contributed by atoms with Gasteiger partial charge in [0, 0.05) is 39.1 Å². The molecule has 1 aromatic carbocycles. The van der Waals surface area contributed by atoms with Gasteiger partial charge in [-0.15, -0.1) is 0 Å². The SMILES string of the molecule is O=C(CC12CC3CC(C1)CC(n1cc(Br)c([N+](=O)[O-])n1)(C3)C2)N1CCN(Cc2ccc(Cl)c(Cl)c2)CC1. The Kier molecular flexibility index (Phi) is 6.57. The summed E-state index contributed by atoms with van der Waals surface area (Å²) in [5.74, 6) is 1.23. The summed E-state index contributed by atoms with van der Waals surface area (Å²) in [6.45, 7) is 3.91. The molecule has 2 atom stereocenters. The number of halogens is 3. The fourth-order valence-corrected chi connectivity index (χ4v) is 8.81. The number of benzene rings is 1. The van der Waals surface area contributed by atoms with Crippen molar-refractivity contribution in [3.8, 4) is 0 Å². The Hall–Kier alpha value is -1.68. The largest absolute Gasteiger partial charge is 0.404 e. The van der Waals surface area contributed by atoms with E-state index in [0.29, 0.717) is 32.8 Å². The molecular weight excluding hydrogens is 581 g/mol. The molecule has 5 fully saturated rings. The number of hydrogen-bond acceptors (Lipinski definition) is 5. The van der Waals surface area contributed by atoms with Crippen LogP contribution in [0.15, 0.2) is 28.9 Å². The highest BCUT2D eigenvalue weighted by Gasteiger charge is 2.60. The Balaban J connectivity index is 1.12. The number of nitro groups is 1. The smallest absolute Gasteiger partial charge is 0.358 e. The lowest BCUT2D eigenvalue weighted by Gasteiger charge is -2.61. The molecular formula is C26H30BrCl2N5O3. The molecule has 7 rings (SSSR count). The molecule has 1 aliphatic heterocycles. The van der Waals surface area contributed by atoms with Crippen molar-refractivity contribution in [2.24, 2.45) is 17.3 Å². The van der Waals surface area contributed by atoms with Crippen molar-refractivity contribution in [3.63, 3.8) is 0 Å². The van der Waals surface area contributed by atoms with E-state index in [1.165, 1.54) is 6.42 Å². The predicted octanol–water partition coefficient (Wildman–Crippen LogP) is 5.89. The number of nitrogens with zero attached hydrogens (tertiary/aromatic N) is 5. The quantitative estimate of drug-likeness (QED) is 0.301. The summed E-state index contributed by atoms with van der Waals surface area (Å²) in [5.41, 5.74) is 0.865. The number of amides is 1. The van der Waals surface area contributed by atoms with E-state index >= 15 is 0 Å². The van der Waals surface area contributed by atoms with Crippen molar-refractivity contribution in [3.05, 3.63) is 54.6 Å². The van der Waals surface area contributed by atoms with Crippen molar-refractivity contribution >= 4 is 50.9 Å². The van der Waals surface area contributed by atoms with E-state index in [1.807, 2.05) is 27.8 Å². The van der Waals surface area contributed by atoms with Gasteiger partial charge in [-0.3, -0.25) is 9.69 Å². The molecule has 8 nitrogen and oxygen atoms in total. The second-order valence-electron chi connectivity index (χ2n) is 11.8. The summed E-state index contributed by atoms with van der Waals surface area (Å²) in [6.07, 6.45) is 8.59. The summed E-state index contributed by atoms with van der Waals surface area (Å²) < 4.78 is 2.30. The van der Waals surface area contributed by atoms with Crippen molar-refractivity contribution in [2.45, 2.75) is 57.0 Å². The van der Waals surface area contributed by atoms with Gasteiger partial charge in [-0.05, 0) is 94.3 Å². The average Bonchev–Trinajstić information content (AvgIpc) is 3.24. The first-order valence-electron chi connectivity index (χ1n) is 13.0. The Labute approximate surface area is 234 Å². The zero-order valence-electron chi connectivity index (χ0n) is 20.5. The number of piperazine rings is 1. The predicted molar refractivity (Wildman–Crippen MR) is 145 cm³/mol. The van der Waals surface area contributed by atoms with Gasteiger partial charge in [0.2, 0.25) is 5.91 Å². The zero-order chi connectivity index (χ0) is 25.9. The van der Waals surface area contributed by atoms with E-state index in [-0.39, 0.29) is 22.7 Å². The van der Waals surface area contributed by atoms with E-state index in [9.17, 15) is 14.9 Å². The molecule has 1 amide bonds. The molecule has 0 radical (unpaired) electrons. The summed E-state index contributed by atoms with van der Waals surface area (Å²) in [7, 11) is 0. The van der Waals surface area contributed by atoms with Gasteiger partial charge in [-0.2, -0.15) is 4.68 Å². The van der Waals surface area contributed by atoms with Gasteiger partial charge in [0.1, 0.15) is 4.47 Å². The van der Waals surface area contributed by atoms with Gasteiger partial charge < -0.3 is 15.0 Å². The average molecular weight is 611 g/mol. The number of carbonyl (C=O) groups excluding carboxylic acids is 1. The second-order valence-corrected chi connectivity index (χ2v) is 13.4. The lowest BCUT2D eigenvalue weighted by Crippen LogP contribution is -2.58. The zero-order valence-corrected chi connectivity index (χ0v) is 23.6. The highest BCUT2D eigenvalue weighted by atomic mass is 79.9. The number of hydrogen-bond donors (Lipinski definition) is 0. The van der Waals surface area contributed by atoms with Crippen LogP contribution in [0.3, 0.4) is 0 Å². The van der Waals surface area contributed by atoms with Gasteiger partial charge in [0.15, 0.2) is 0 Å². The molecule has 0 spiro atoms. The summed E-state index contributed by atoms with van der Waals surface area (Å²) >= 11 is 15.6. The monoisotopic (exact) mass is 609 g/mol. The van der Waals surface area contributed by atoms with E-state index < -0.39 is 4.92 Å². The van der Waals surface area contributed by atoms with Crippen LogP contribution < -0.4 is 0 Å². The van der Waals surface area contributed by atoms with Gasteiger partial charge in [0.25, 0.3) is 0 Å². The van der Waals surface area contributed by atoms with E-state index in [2.05, 4.69) is 25.9 Å². The minimum Gasteiger partial charge on any atom is -0.358 e. The topological polar surface area (TPSA) is 84.5 Å². The van der Waals surface area contributed by atoms with Gasteiger partial charge in [-0.1, -0.05) is 29.3 Å². The maximum absolute atomic E-state index is 13.6. The molecule has 11 heteroatoms. The molecule has 2 unspecified atom stereocenters. The van der Waals surface area contributed by atoms with E-state index in [1.54, 1.807) is 6.20 Å². The third kappa shape index (κ3) is 4.81. The van der Waals surface area contributed by atoms with Crippen LogP contribution in [-0.2, 0) is 16.9 Å². The molecule has 198 valence electrons. The van der Waals surface area contributed by atoms with E-state index in [0.717, 1.165) is 70.4 Å². The molecule has 2 heterocycles. The lowest BCUT2D eigenvalue weighted by atomic mass is 9.46. The van der Waals surface area contributed by atoms with Crippen LogP contribution in [0.5, 0.6) is 0 Å². The normalized spacial score (nSPS) is 31.2.